The van der Waals surface area contributed by atoms with Gasteiger partial charge in [0.25, 0.3) is 0 Å². The Morgan fingerprint density at radius 3 is 2.65 bits per heavy atom. The van der Waals surface area contributed by atoms with Crippen molar-refractivity contribution in [3.63, 3.8) is 0 Å². The first-order valence-corrected chi connectivity index (χ1v) is 7.79. The molecular formula is C19H18N4. The van der Waals surface area contributed by atoms with Gasteiger partial charge in [0.2, 0.25) is 0 Å². The summed E-state index contributed by atoms with van der Waals surface area (Å²) in [4.78, 5) is 4.54. The van der Waals surface area contributed by atoms with Crippen molar-refractivity contribution in [1.82, 2.24) is 19.7 Å². The zero-order valence-corrected chi connectivity index (χ0v) is 13.0. The number of imidazole rings is 1. The van der Waals surface area contributed by atoms with Gasteiger partial charge in [-0.3, -0.25) is 5.10 Å². The maximum absolute atomic E-state index is 4.54. The third-order valence-corrected chi connectivity index (χ3v) is 4.26. The first-order chi connectivity index (χ1) is 11.3. The first-order valence-electron chi connectivity index (χ1n) is 7.79. The van der Waals surface area contributed by atoms with Crippen LogP contribution in [0.2, 0.25) is 0 Å². The average molecular weight is 302 g/mol. The van der Waals surface area contributed by atoms with E-state index in [1.165, 1.54) is 22.4 Å². The van der Waals surface area contributed by atoms with Crippen LogP contribution in [0.1, 0.15) is 11.3 Å². The van der Waals surface area contributed by atoms with E-state index in [9.17, 15) is 0 Å². The van der Waals surface area contributed by atoms with Gasteiger partial charge in [-0.05, 0) is 36.1 Å². The number of nitrogens with zero attached hydrogens (tertiary/aromatic N) is 3. The molecule has 0 saturated carbocycles. The lowest BCUT2D eigenvalue weighted by Crippen LogP contribution is -1.92. The van der Waals surface area contributed by atoms with Crippen LogP contribution < -0.4 is 0 Å². The molecule has 23 heavy (non-hydrogen) atoms. The molecule has 4 rings (SSSR count). The van der Waals surface area contributed by atoms with Crippen molar-refractivity contribution in [2.45, 2.75) is 12.8 Å². The quantitative estimate of drug-likeness (QED) is 0.624. The van der Waals surface area contributed by atoms with Crippen molar-refractivity contribution in [1.29, 1.82) is 0 Å². The Labute approximate surface area is 134 Å². The number of benzene rings is 2. The van der Waals surface area contributed by atoms with E-state index in [0.717, 1.165) is 23.9 Å². The molecule has 2 aromatic carbocycles. The van der Waals surface area contributed by atoms with E-state index in [4.69, 9.17) is 0 Å². The number of aromatic amines is 1. The van der Waals surface area contributed by atoms with Crippen LogP contribution in [0, 0.1) is 0 Å². The number of nitrogens with one attached hydrogen (secondary N) is 1. The maximum Gasteiger partial charge on any atom is 0.0962 e. The molecule has 4 nitrogen and oxygen atoms in total. The number of H-pyrrole nitrogens is 1. The molecule has 0 fully saturated rings. The highest BCUT2D eigenvalue weighted by molar-refractivity contribution is 5.92. The van der Waals surface area contributed by atoms with Crippen molar-refractivity contribution >= 4 is 11.0 Å². The molecule has 2 heterocycles. The van der Waals surface area contributed by atoms with Gasteiger partial charge in [-0.15, -0.1) is 0 Å². The van der Waals surface area contributed by atoms with E-state index in [1.807, 2.05) is 19.4 Å². The van der Waals surface area contributed by atoms with Crippen molar-refractivity contribution in [3.8, 4) is 11.1 Å². The summed E-state index contributed by atoms with van der Waals surface area (Å²) in [6, 6.07) is 17.1. The minimum Gasteiger partial charge on any atom is -0.334 e. The highest BCUT2D eigenvalue weighted by Gasteiger charge is 2.07. The molecule has 114 valence electrons. The van der Waals surface area contributed by atoms with Crippen molar-refractivity contribution < 1.29 is 0 Å². The number of hydrogen-bond acceptors (Lipinski definition) is 2. The molecule has 4 aromatic rings. The number of aryl methyl sites for hydroxylation is 3. The maximum atomic E-state index is 4.54. The summed E-state index contributed by atoms with van der Waals surface area (Å²) in [5, 5.41) is 6.99. The lowest BCUT2D eigenvalue weighted by molar-refractivity contribution is 0.893. The molecule has 0 radical (unpaired) electrons. The van der Waals surface area contributed by atoms with Gasteiger partial charge < -0.3 is 4.57 Å². The van der Waals surface area contributed by atoms with Crippen LogP contribution in [0.5, 0.6) is 0 Å². The third kappa shape index (κ3) is 2.63. The molecular weight excluding hydrogens is 284 g/mol. The number of para-hydroxylation sites is 1. The summed E-state index contributed by atoms with van der Waals surface area (Å²) in [5.74, 6) is 0. The Morgan fingerprint density at radius 1 is 1.00 bits per heavy atom. The fourth-order valence-electron chi connectivity index (χ4n) is 2.95. The van der Waals surface area contributed by atoms with Crippen LogP contribution in [-0.2, 0) is 19.9 Å². The Bertz CT molecular complexity index is 918. The lowest BCUT2D eigenvalue weighted by atomic mass is 10.0. The largest absolute Gasteiger partial charge is 0.334 e. The first kappa shape index (κ1) is 13.8. The van der Waals surface area contributed by atoms with Crippen LogP contribution in [0.25, 0.3) is 22.2 Å². The summed E-state index contributed by atoms with van der Waals surface area (Å²) >= 11 is 0. The summed E-state index contributed by atoms with van der Waals surface area (Å²) in [6.45, 7) is 0. The van der Waals surface area contributed by atoms with Gasteiger partial charge in [0.1, 0.15) is 0 Å². The number of rotatable bonds is 4. The molecule has 0 saturated heterocycles. The Hall–Kier alpha value is -2.88. The van der Waals surface area contributed by atoms with E-state index in [-0.39, 0.29) is 0 Å². The fraction of sp³-hybridized carbons (Fsp3) is 0.158. The van der Waals surface area contributed by atoms with Gasteiger partial charge in [0.15, 0.2) is 0 Å². The monoisotopic (exact) mass is 302 g/mol. The van der Waals surface area contributed by atoms with Gasteiger partial charge in [-0.1, -0.05) is 36.4 Å². The second-order valence-electron chi connectivity index (χ2n) is 5.81. The Balaban J connectivity index is 1.59. The average Bonchev–Trinajstić information content (AvgIpc) is 3.24. The molecule has 0 aliphatic rings. The SMILES string of the molecule is Cn1cnc2c(-c3ccc(CCc4ccn[nH]4)cc3)cccc21. The zero-order valence-electron chi connectivity index (χ0n) is 13.0. The van der Waals surface area contributed by atoms with Crippen LogP contribution in [0.3, 0.4) is 0 Å². The number of fused-ring (bicyclic) bond motifs is 1. The lowest BCUT2D eigenvalue weighted by Gasteiger charge is -2.06. The highest BCUT2D eigenvalue weighted by Crippen LogP contribution is 2.27. The van der Waals surface area contributed by atoms with Crippen LogP contribution in [0.15, 0.2) is 61.1 Å². The van der Waals surface area contributed by atoms with Gasteiger partial charge >= 0.3 is 0 Å². The van der Waals surface area contributed by atoms with E-state index in [2.05, 4.69) is 62.2 Å². The Morgan fingerprint density at radius 2 is 1.87 bits per heavy atom. The molecule has 0 amide bonds. The predicted octanol–water partition coefficient (Wildman–Crippen LogP) is 3.75. The minimum atomic E-state index is 0.981. The van der Waals surface area contributed by atoms with Gasteiger partial charge in [0, 0.05) is 24.5 Å². The fourth-order valence-corrected chi connectivity index (χ4v) is 2.95. The topological polar surface area (TPSA) is 46.5 Å². The van der Waals surface area contributed by atoms with Crippen LogP contribution >= 0.6 is 0 Å². The van der Waals surface area contributed by atoms with E-state index in [0.29, 0.717) is 0 Å². The summed E-state index contributed by atoms with van der Waals surface area (Å²) in [5.41, 5.74) is 7.11. The highest BCUT2D eigenvalue weighted by atomic mass is 15.1. The normalized spacial score (nSPS) is 11.2. The van der Waals surface area contributed by atoms with Crippen molar-refractivity contribution in [2.75, 3.05) is 0 Å². The molecule has 0 spiro atoms. The molecule has 0 unspecified atom stereocenters. The van der Waals surface area contributed by atoms with Gasteiger partial charge in [-0.25, -0.2) is 4.98 Å². The second kappa shape index (κ2) is 5.72. The van der Waals surface area contributed by atoms with Crippen LogP contribution in [0.4, 0.5) is 0 Å². The number of hydrogen-bond donors (Lipinski definition) is 1. The van der Waals surface area contributed by atoms with Crippen LogP contribution in [-0.4, -0.2) is 19.7 Å². The minimum absolute atomic E-state index is 0.981. The molecule has 0 aliphatic carbocycles. The van der Waals surface area contributed by atoms with Crippen molar-refractivity contribution in [2.24, 2.45) is 7.05 Å². The third-order valence-electron chi connectivity index (χ3n) is 4.26. The molecule has 2 aromatic heterocycles. The Kier molecular flexibility index (Phi) is 3.42. The summed E-state index contributed by atoms with van der Waals surface area (Å²) in [6.07, 6.45) is 5.66. The zero-order chi connectivity index (χ0) is 15.6. The summed E-state index contributed by atoms with van der Waals surface area (Å²) < 4.78 is 2.05. The molecule has 1 N–H and O–H groups in total. The molecule has 0 aliphatic heterocycles. The van der Waals surface area contributed by atoms with Gasteiger partial charge in [-0.2, -0.15) is 5.10 Å². The predicted molar refractivity (Wildman–Crippen MR) is 92.1 cm³/mol. The van der Waals surface area contributed by atoms with Gasteiger partial charge in [0.05, 0.1) is 17.4 Å². The molecule has 0 bridgehead atoms. The van der Waals surface area contributed by atoms with E-state index >= 15 is 0 Å². The summed E-state index contributed by atoms with van der Waals surface area (Å²) in [7, 11) is 2.03. The van der Waals surface area contributed by atoms with Crippen molar-refractivity contribution in [3.05, 3.63) is 72.3 Å². The second-order valence-corrected chi connectivity index (χ2v) is 5.81. The van der Waals surface area contributed by atoms with E-state index < -0.39 is 0 Å². The number of aromatic nitrogens is 4. The van der Waals surface area contributed by atoms with E-state index in [1.54, 1.807) is 6.20 Å². The molecule has 0 atom stereocenters. The standard InChI is InChI=1S/C19H18N4/c1-23-13-20-19-17(3-2-4-18(19)23)15-8-5-14(6-9-15)7-10-16-11-12-21-22-16/h2-6,8-9,11-13H,7,10H2,1H3,(H,21,22). The smallest absolute Gasteiger partial charge is 0.0962 e. The molecule has 4 heteroatoms.